The number of aliphatic carboxylic acids is 1. The molecule has 1 aromatic carbocycles. The zero-order valence-electron chi connectivity index (χ0n) is 13.2. The summed E-state index contributed by atoms with van der Waals surface area (Å²) >= 11 is 0. The molecule has 23 heavy (non-hydrogen) atoms. The molecule has 1 aliphatic rings. The van der Waals surface area contributed by atoms with Crippen LogP contribution in [0.2, 0.25) is 0 Å². The number of amides is 3. The number of carbonyl (C=O) groups is 3. The molecular weight excluding hydrogens is 298 g/mol. The average Bonchev–Trinajstić information content (AvgIpc) is 2.87. The summed E-state index contributed by atoms with van der Waals surface area (Å²) in [6.07, 6.45) is 0. The van der Waals surface area contributed by atoms with Gasteiger partial charge in [0.1, 0.15) is 0 Å². The SMILES string of the molecule is Cc1cccc(NC(=O)NCC(=O)N2C[C@@H](C)[C@H](C(=O)O)C2)c1. The Bertz CT molecular complexity index is 617. The van der Waals surface area contributed by atoms with E-state index < -0.39 is 17.9 Å². The predicted octanol–water partition coefficient (Wildman–Crippen LogP) is 1.30. The topological polar surface area (TPSA) is 98.7 Å². The molecule has 0 saturated carbocycles. The lowest BCUT2D eigenvalue weighted by atomic mass is 9.99. The van der Waals surface area contributed by atoms with Crippen LogP contribution in [0.4, 0.5) is 10.5 Å². The largest absolute Gasteiger partial charge is 0.481 e. The third-order valence-corrected chi connectivity index (χ3v) is 3.96. The summed E-state index contributed by atoms with van der Waals surface area (Å²) in [5.74, 6) is -1.80. The third-order valence-electron chi connectivity index (χ3n) is 3.96. The molecular formula is C16H21N3O4. The molecule has 3 N–H and O–H groups in total. The summed E-state index contributed by atoms with van der Waals surface area (Å²) < 4.78 is 0. The maximum Gasteiger partial charge on any atom is 0.319 e. The van der Waals surface area contributed by atoms with E-state index in [1.54, 1.807) is 6.07 Å². The Morgan fingerprint density at radius 3 is 2.65 bits per heavy atom. The van der Waals surface area contributed by atoms with Crippen LogP contribution in [0.25, 0.3) is 0 Å². The number of urea groups is 1. The van der Waals surface area contributed by atoms with E-state index in [0.717, 1.165) is 5.56 Å². The molecule has 3 amide bonds. The standard InChI is InChI=1S/C16H21N3O4/c1-10-4-3-5-12(6-10)18-16(23)17-7-14(20)19-8-11(2)13(9-19)15(21)22/h3-6,11,13H,7-9H2,1-2H3,(H,21,22)(H2,17,18,23)/t11-,13-/m1/s1. The van der Waals surface area contributed by atoms with E-state index >= 15 is 0 Å². The van der Waals surface area contributed by atoms with Gasteiger partial charge in [0.2, 0.25) is 5.91 Å². The Morgan fingerprint density at radius 1 is 1.30 bits per heavy atom. The van der Waals surface area contributed by atoms with Crippen LogP contribution >= 0.6 is 0 Å². The normalized spacial score (nSPS) is 20.2. The smallest absolute Gasteiger partial charge is 0.319 e. The number of carbonyl (C=O) groups excluding carboxylic acids is 2. The van der Waals surface area contributed by atoms with Crippen molar-refractivity contribution < 1.29 is 19.5 Å². The Hall–Kier alpha value is -2.57. The van der Waals surface area contributed by atoms with E-state index in [1.165, 1.54) is 4.90 Å². The fourth-order valence-electron chi connectivity index (χ4n) is 2.66. The highest BCUT2D eigenvalue weighted by molar-refractivity contribution is 5.92. The van der Waals surface area contributed by atoms with Gasteiger partial charge in [-0.25, -0.2) is 4.79 Å². The van der Waals surface area contributed by atoms with Gasteiger partial charge in [-0.05, 0) is 30.5 Å². The van der Waals surface area contributed by atoms with Crippen molar-refractivity contribution in [2.75, 3.05) is 25.0 Å². The minimum absolute atomic E-state index is 0.0856. The fraction of sp³-hybridized carbons (Fsp3) is 0.438. The van der Waals surface area contributed by atoms with Gasteiger partial charge in [-0.15, -0.1) is 0 Å². The molecule has 7 heteroatoms. The Labute approximate surface area is 134 Å². The van der Waals surface area contributed by atoms with Gasteiger partial charge in [0.15, 0.2) is 0 Å². The molecule has 1 aliphatic heterocycles. The third kappa shape index (κ3) is 4.45. The molecule has 1 aromatic rings. The van der Waals surface area contributed by atoms with Gasteiger partial charge in [0, 0.05) is 18.8 Å². The van der Waals surface area contributed by atoms with E-state index in [0.29, 0.717) is 12.2 Å². The summed E-state index contributed by atoms with van der Waals surface area (Å²) in [7, 11) is 0. The molecule has 7 nitrogen and oxygen atoms in total. The van der Waals surface area contributed by atoms with Crippen LogP contribution in [-0.2, 0) is 9.59 Å². The molecule has 0 unspecified atom stereocenters. The number of carboxylic acids is 1. The molecule has 1 fully saturated rings. The van der Waals surface area contributed by atoms with Gasteiger partial charge in [-0.2, -0.15) is 0 Å². The summed E-state index contributed by atoms with van der Waals surface area (Å²) in [5.41, 5.74) is 1.67. The van der Waals surface area contributed by atoms with Crippen molar-refractivity contribution in [3.8, 4) is 0 Å². The molecule has 2 rings (SSSR count). The van der Waals surface area contributed by atoms with Crippen molar-refractivity contribution in [1.29, 1.82) is 0 Å². The number of nitrogens with one attached hydrogen (secondary N) is 2. The van der Waals surface area contributed by atoms with E-state index in [4.69, 9.17) is 5.11 Å². The van der Waals surface area contributed by atoms with E-state index in [-0.39, 0.29) is 24.9 Å². The highest BCUT2D eigenvalue weighted by Crippen LogP contribution is 2.22. The first kappa shape index (κ1) is 16.8. The van der Waals surface area contributed by atoms with E-state index in [2.05, 4.69) is 10.6 Å². The van der Waals surface area contributed by atoms with Gasteiger partial charge >= 0.3 is 12.0 Å². The second-order valence-electron chi connectivity index (χ2n) is 5.90. The molecule has 0 bridgehead atoms. The first-order chi connectivity index (χ1) is 10.9. The van der Waals surface area contributed by atoms with Crippen LogP contribution in [-0.4, -0.2) is 47.5 Å². The fourth-order valence-corrected chi connectivity index (χ4v) is 2.66. The van der Waals surface area contributed by atoms with Gasteiger partial charge in [0.25, 0.3) is 0 Å². The van der Waals surface area contributed by atoms with Gasteiger partial charge < -0.3 is 20.6 Å². The molecule has 0 aliphatic carbocycles. The van der Waals surface area contributed by atoms with Crippen LogP contribution in [0.5, 0.6) is 0 Å². The number of carboxylic acid groups (broad SMARTS) is 1. The maximum atomic E-state index is 12.1. The van der Waals surface area contributed by atoms with Crippen molar-refractivity contribution in [2.45, 2.75) is 13.8 Å². The van der Waals surface area contributed by atoms with Crippen molar-refractivity contribution >= 4 is 23.6 Å². The van der Waals surface area contributed by atoms with Gasteiger partial charge in [0.05, 0.1) is 12.5 Å². The van der Waals surface area contributed by atoms with Crippen LogP contribution < -0.4 is 10.6 Å². The minimum atomic E-state index is -0.891. The molecule has 1 saturated heterocycles. The molecule has 2 atom stereocenters. The monoisotopic (exact) mass is 319 g/mol. The molecule has 124 valence electrons. The van der Waals surface area contributed by atoms with Gasteiger partial charge in [-0.3, -0.25) is 9.59 Å². The molecule has 0 spiro atoms. The number of likely N-dealkylation sites (tertiary alicyclic amines) is 1. The van der Waals surface area contributed by atoms with Crippen LogP contribution in [0.1, 0.15) is 12.5 Å². The number of benzene rings is 1. The van der Waals surface area contributed by atoms with Crippen LogP contribution in [0.15, 0.2) is 24.3 Å². The zero-order chi connectivity index (χ0) is 17.0. The Balaban J connectivity index is 1.80. The summed E-state index contributed by atoms with van der Waals surface area (Å²) in [4.78, 5) is 36.4. The first-order valence-electron chi connectivity index (χ1n) is 7.49. The minimum Gasteiger partial charge on any atom is -0.481 e. The lowest BCUT2D eigenvalue weighted by Crippen LogP contribution is -2.41. The van der Waals surface area contributed by atoms with E-state index in [9.17, 15) is 14.4 Å². The summed E-state index contributed by atoms with van der Waals surface area (Å²) in [5, 5.41) is 14.2. The quantitative estimate of drug-likeness (QED) is 0.779. The van der Waals surface area contributed by atoms with Crippen molar-refractivity contribution in [2.24, 2.45) is 11.8 Å². The maximum absolute atomic E-state index is 12.1. The Morgan fingerprint density at radius 2 is 2.04 bits per heavy atom. The zero-order valence-corrected chi connectivity index (χ0v) is 13.2. The van der Waals surface area contributed by atoms with Gasteiger partial charge in [-0.1, -0.05) is 19.1 Å². The number of anilines is 1. The second kappa shape index (κ2) is 7.13. The highest BCUT2D eigenvalue weighted by Gasteiger charge is 2.36. The number of rotatable bonds is 4. The predicted molar refractivity (Wildman–Crippen MR) is 85.1 cm³/mol. The summed E-state index contributed by atoms with van der Waals surface area (Å²) in [6, 6.07) is 6.86. The van der Waals surface area contributed by atoms with E-state index in [1.807, 2.05) is 32.0 Å². The van der Waals surface area contributed by atoms with Crippen molar-refractivity contribution in [3.63, 3.8) is 0 Å². The molecule has 0 radical (unpaired) electrons. The lowest BCUT2D eigenvalue weighted by molar-refractivity contribution is -0.142. The van der Waals surface area contributed by atoms with Crippen LogP contribution in [0.3, 0.4) is 0 Å². The second-order valence-corrected chi connectivity index (χ2v) is 5.90. The molecule has 1 heterocycles. The summed E-state index contributed by atoms with van der Waals surface area (Å²) in [6.45, 7) is 4.16. The molecule has 0 aromatic heterocycles. The number of aryl methyl sites for hydroxylation is 1. The first-order valence-corrected chi connectivity index (χ1v) is 7.49. The number of nitrogens with zero attached hydrogens (tertiary/aromatic N) is 1. The lowest BCUT2D eigenvalue weighted by Gasteiger charge is -2.16. The van der Waals surface area contributed by atoms with Crippen LogP contribution in [0, 0.1) is 18.8 Å². The average molecular weight is 319 g/mol. The number of hydrogen-bond donors (Lipinski definition) is 3. The van der Waals surface area contributed by atoms with Crippen molar-refractivity contribution in [1.82, 2.24) is 10.2 Å². The highest BCUT2D eigenvalue weighted by atomic mass is 16.4. The number of hydrogen-bond acceptors (Lipinski definition) is 3. The Kier molecular flexibility index (Phi) is 5.20. The van der Waals surface area contributed by atoms with Crippen molar-refractivity contribution in [3.05, 3.63) is 29.8 Å².